The van der Waals surface area contributed by atoms with Crippen LogP contribution in [0, 0.1) is 5.92 Å². The van der Waals surface area contributed by atoms with Gasteiger partial charge in [0.15, 0.2) is 5.96 Å². The van der Waals surface area contributed by atoms with E-state index in [1.807, 2.05) is 29.2 Å². The number of guanidine groups is 1. The molecule has 1 aliphatic heterocycles. The summed E-state index contributed by atoms with van der Waals surface area (Å²) in [5.41, 5.74) is 1.90. The average molecular weight is 373 g/mol. The quantitative estimate of drug-likeness (QED) is 0.539. The Balaban J connectivity index is 1.92. The predicted molar refractivity (Wildman–Crippen MR) is 113 cm³/mol. The molecule has 0 bridgehead atoms. The maximum atomic E-state index is 12.5. The van der Waals surface area contributed by atoms with Crippen molar-refractivity contribution in [3.05, 3.63) is 35.4 Å². The zero-order chi connectivity index (χ0) is 19.5. The largest absolute Gasteiger partial charge is 0.357 e. The van der Waals surface area contributed by atoms with Crippen molar-refractivity contribution in [3.63, 3.8) is 0 Å². The molecular weight excluding hydrogens is 336 g/mol. The van der Waals surface area contributed by atoms with Crippen molar-refractivity contribution in [1.82, 2.24) is 15.5 Å². The van der Waals surface area contributed by atoms with Gasteiger partial charge >= 0.3 is 0 Å². The molecule has 0 aromatic heterocycles. The summed E-state index contributed by atoms with van der Waals surface area (Å²) < 4.78 is 0. The van der Waals surface area contributed by atoms with Crippen molar-refractivity contribution in [2.45, 2.75) is 59.4 Å². The van der Waals surface area contributed by atoms with Gasteiger partial charge in [-0.05, 0) is 49.8 Å². The van der Waals surface area contributed by atoms with E-state index in [4.69, 9.17) is 0 Å². The first kappa shape index (κ1) is 21.3. The Kier molecular flexibility index (Phi) is 9.16. The van der Waals surface area contributed by atoms with E-state index in [-0.39, 0.29) is 5.91 Å². The molecule has 1 aromatic carbocycles. The molecule has 1 fully saturated rings. The van der Waals surface area contributed by atoms with Crippen LogP contribution in [-0.4, -0.2) is 42.9 Å². The summed E-state index contributed by atoms with van der Waals surface area (Å²) in [6, 6.07) is 7.91. The van der Waals surface area contributed by atoms with Crippen molar-refractivity contribution >= 4 is 11.9 Å². The number of likely N-dealkylation sites (tertiary alicyclic amines) is 1. The van der Waals surface area contributed by atoms with Crippen LogP contribution in [0.3, 0.4) is 0 Å². The number of carbonyl (C=O) groups excluding carboxylic acids is 1. The molecule has 1 saturated heterocycles. The normalized spacial score (nSPS) is 15.1. The van der Waals surface area contributed by atoms with E-state index < -0.39 is 0 Å². The number of amides is 1. The second kappa shape index (κ2) is 11.6. The van der Waals surface area contributed by atoms with Crippen LogP contribution < -0.4 is 10.6 Å². The second-order valence-electron chi connectivity index (χ2n) is 7.31. The van der Waals surface area contributed by atoms with E-state index in [0.717, 1.165) is 56.1 Å². The molecule has 5 heteroatoms. The molecule has 0 atom stereocenters. The first-order chi connectivity index (χ1) is 13.2. The minimum absolute atomic E-state index is 0.157. The van der Waals surface area contributed by atoms with Crippen LogP contribution in [0.5, 0.6) is 0 Å². The summed E-state index contributed by atoms with van der Waals surface area (Å²) in [6.45, 7) is 10.7. The molecule has 0 aliphatic carbocycles. The van der Waals surface area contributed by atoms with Crippen LogP contribution in [-0.2, 0) is 6.54 Å². The highest BCUT2D eigenvalue weighted by Crippen LogP contribution is 2.14. The lowest BCUT2D eigenvalue weighted by atomic mass is 10.0. The zero-order valence-electron chi connectivity index (χ0n) is 17.3. The highest BCUT2D eigenvalue weighted by molar-refractivity contribution is 5.94. The fraction of sp³-hybridized carbons (Fsp3) is 0.636. The Morgan fingerprint density at radius 3 is 2.30 bits per heavy atom. The van der Waals surface area contributed by atoms with Crippen LogP contribution in [0.15, 0.2) is 29.3 Å². The highest BCUT2D eigenvalue weighted by Gasteiger charge is 2.17. The Bertz CT molecular complexity index is 587. The van der Waals surface area contributed by atoms with Crippen molar-refractivity contribution in [2.24, 2.45) is 10.9 Å². The van der Waals surface area contributed by atoms with E-state index in [1.165, 1.54) is 19.3 Å². The molecule has 0 spiro atoms. The molecule has 150 valence electrons. The van der Waals surface area contributed by atoms with E-state index in [9.17, 15) is 4.79 Å². The van der Waals surface area contributed by atoms with Crippen LogP contribution in [0.1, 0.15) is 68.8 Å². The number of benzene rings is 1. The molecule has 5 nitrogen and oxygen atoms in total. The molecule has 0 unspecified atom stereocenters. The summed E-state index contributed by atoms with van der Waals surface area (Å²) in [7, 11) is 0. The van der Waals surface area contributed by atoms with Crippen molar-refractivity contribution in [1.29, 1.82) is 0 Å². The molecule has 0 radical (unpaired) electrons. The predicted octanol–water partition coefficient (Wildman–Crippen LogP) is 3.80. The molecule has 2 N–H and O–H groups in total. The zero-order valence-corrected chi connectivity index (χ0v) is 17.3. The third kappa shape index (κ3) is 6.89. The standard InChI is InChI=1S/C22H36N4O/c1-4-18(5-2)16-24-22(23-6-3)25-17-19-10-12-20(13-11-19)21(27)26-14-8-7-9-15-26/h10-13,18H,4-9,14-17H2,1-3H3,(H2,23,24,25). The summed E-state index contributed by atoms with van der Waals surface area (Å²) in [5.74, 6) is 1.69. The number of aliphatic imine (C=N–C) groups is 1. The van der Waals surface area contributed by atoms with Gasteiger partial charge < -0.3 is 15.5 Å². The summed E-state index contributed by atoms with van der Waals surface area (Å²) >= 11 is 0. The van der Waals surface area contributed by atoms with E-state index in [1.54, 1.807) is 0 Å². The van der Waals surface area contributed by atoms with Crippen LogP contribution in [0.2, 0.25) is 0 Å². The molecular formula is C22H36N4O. The van der Waals surface area contributed by atoms with Gasteiger partial charge in [0.2, 0.25) is 0 Å². The van der Waals surface area contributed by atoms with Gasteiger partial charge in [-0.25, -0.2) is 4.99 Å². The van der Waals surface area contributed by atoms with Gasteiger partial charge in [0, 0.05) is 31.7 Å². The highest BCUT2D eigenvalue weighted by atomic mass is 16.2. The average Bonchev–Trinajstić information content (AvgIpc) is 2.73. The van der Waals surface area contributed by atoms with E-state index in [0.29, 0.717) is 12.5 Å². The number of hydrogen-bond acceptors (Lipinski definition) is 2. The maximum absolute atomic E-state index is 12.5. The molecule has 1 heterocycles. The lowest BCUT2D eigenvalue weighted by molar-refractivity contribution is 0.0724. The lowest BCUT2D eigenvalue weighted by Gasteiger charge is -2.26. The maximum Gasteiger partial charge on any atom is 0.253 e. The van der Waals surface area contributed by atoms with Crippen molar-refractivity contribution < 1.29 is 4.79 Å². The van der Waals surface area contributed by atoms with Crippen LogP contribution in [0.25, 0.3) is 0 Å². The fourth-order valence-corrected chi connectivity index (χ4v) is 3.36. The summed E-state index contributed by atoms with van der Waals surface area (Å²) in [6.07, 6.45) is 5.83. The van der Waals surface area contributed by atoms with E-state index in [2.05, 4.69) is 36.4 Å². The van der Waals surface area contributed by atoms with Gasteiger partial charge in [-0.15, -0.1) is 0 Å². The topological polar surface area (TPSA) is 56.7 Å². The number of piperidine rings is 1. The first-order valence-corrected chi connectivity index (χ1v) is 10.6. The van der Waals surface area contributed by atoms with Gasteiger partial charge in [-0.3, -0.25) is 4.79 Å². The summed E-state index contributed by atoms with van der Waals surface area (Å²) in [4.78, 5) is 19.2. The van der Waals surface area contributed by atoms with Crippen molar-refractivity contribution in [3.8, 4) is 0 Å². The molecule has 1 aliphatic rings. The number of hydrogen-bond donors (Lipinski definition) is 2. The summed E-state index contributed by atoms with van der Waals surface area (Å²) in [5, 5.41) is 6.75. The number of rotatable bonds is 8. The number of nitrogens with one attached hydrogen (secondary N) is 2. The first-order valence-electron chi connectivity index (χ1n) is 10.6. The molecule has 2 rings (SSSR count). The number of nitrogens with zero attached hydrogens (tertiary/aromatic N) is 2. The monoisotopic (exact) mass is 372 g/mol. The van der Waals surface area contributed by atoms with Gasteiger partial charge in [-0.1, -0.05) is 38.8 Å². The van der Waals surface area contributed by atoms with E-state index >= 15 is 0 Å². The third-order valence-corrected chi connectivity index (χ3v) is 5.32. The van der Waals surface area contributed by atoms with Gasteiger partial charge in [0.25, 0.3) is 5.91 Å². The Morgan fingerprint density at radius 2 is 1.70 bits per heavy atom. The smallest absolute Gasteiger partial charge is 0.253 e. The van der Waals surface area contributed by atoms with Gasteiger partial charge in [0.1, 0.15) is 0 Å². The minimum atomic E-state index is 0.157. The Labute approximate surface area is 164 Å². The molecule has 1 aromatic rings. The second-order valence-corrected chi connectivity index (χ2v) is 7.31. The molecule has 27 heavy (non-hydrogen) atoms. The third-order valence-electron chi connectivity index (χ3n) is 5.32. The molecule has 1 amide bonds. The fourth-order valence-electron chi connectivity index (χ4n) is 3.36. The Hall–Kier alpha value is -2.04. The molecule has 0 saturated carbocycles. The van der Waals surface area contributed by atoms with Gasteiger partial charge in [0.05, 0.1) is 6.54 Å². The van der Waals surface area contributed by atoms with Crippen LogP contribution in [0.4, 0.5) is 0 Å². The SMILES string of the molecule is CCNC(=NCc1ccc(C(=O)N2CCCCC2)cc1)NCC(CC)CC. The van der Waals surface area contributed by atoms with Crippen LogP contribution >= 0.6 is 0 Å². The Morgan fingerprint density at radius 1 is 1.04 bits per heavy atom. The van der Waals surface area contributed by atoms with Crippen molar-refractivity contribution in [2.75, 3.05) is 26.2 Å². The minimum Gasteiger partial charge on any atom is -0.357 e. The van der Waals surface area contributed by atoms with Gasteiger partial charge in [-0.2, -0.15) is 0 Å². The lowest BCUT2D eigenvalue weighted by Crippen LogP contribution is -2.39. The number of carbonyl (C=O) groups is 1.